The van der Waals surface area contributed by atoms with Gasteiger partial charge in [-0.25, -0.2) is 9.97 Å². The summed E-state index contributed by atoms with van der Waals surface area (Å²) >= 11 is 0. The first kappa shape index (κ1) is 30.9. The highest BCUT2D eigenvalue weighted by molar-refractivity contribution is 6.10. The summed E-state index contributed by atoms with van der Waals surface area (Å²) in [6.07, 6.45) is 0. The first-order valence-corrected chi connectivity index (χ1v) is 18.2. The molecule has 2 heterocycles. The maximum Gasteiger partial charge on any atom is 0.160 e. The largest absolute Gasteiger partial charge is 0.309 e. The summed E-state index contributed by atoms with van der Waals surface area (Å²) in [6.45, 7) is 4.39. The molecule has 0 aliphatic heterocycles. The number of hydrogen-bond acceptors (Lipinski definition) is 2. The normalized spacial score (nSPS) is 11.6. The Labute approximate surface area is 308 Å². The van der Waals surface area contributed by atoms with Crippen molar-refractivity contribution in [3.8, 4) is 50.7 Å². The third-order valence-electron chi connectivity index (χ3n) is 10.8. The topological polar surface area (TPSA) is 30.7 Å². The molecule has 0 bridgehead atoms. The van der Waals surface area contributed by atoms with Gasteiger partial charge in [-0.15, -0.1) is 0 Å². The van der Waals surface area contributed by atoms with Gasteiger partial charge in [-0.1, -0.05) is 146 Å². The summed E-state index contributed by atoms with van der Waals surface area (Å²) < 4.78 is 2.38. The van der Waals surface area contributed by atoms with Crippen LogP contribution in [0.25, 0.3) is 94.1 Å². The summed E-state index contributed by atoms with van der Waals surface area (Å²) in [5.41, 5.74) is 13.2. The molecule has 53 heavy (non-hydrogen) atoms. The van der Waals surface area contributed by atoms with Gasteiger partial charge in [-0.05, 0) is 82.4 Å². The average Bonchev–Trinajstić information content (AvgIpc) is 3.56. The third kappa shape index (κ3) is 5.12. The lowest BCUT2D eigenvalue weighted by Gasteiger charge is -2.18. The van der Waals surface area contributed by atoms with E-state index in [-0.39, 0.29) is 0 Å². The van der Waals surface area contributed by atoms with Gasteiger partial charge < -0.3 is 4.57 Å². The molecule has 0 aliphatic carbocycles. The van der Waals surface area contributed by atoms with Crippen LogP contribution in [0, 0.1) is 13.8 Å². The molecule has 0 atom stereocenters. The van der Waals surface area contributed by atoms with E-state index < -0.39 is 0 Å². The highest BCUT2D eigenvalue weighted by Crippen LogP contribution is 2.39. The fourth-order valence-corrected chi connectivity index (χ4v) is 8.15. The first-order chi connectivity index (χ1) is 26.1. The molecule has 0 aliphatic rings. The summed E-state index contributed by atoms with van der Waals surface area (Å²) in [5, 5.41) is 7.47. The SMILES string of the molecule is Cc1c(-c2cccc(-n3c4ccccc4c4ccccc43)c2)cccc1-c1nc(-c2ccccc2)nc(-c2ccc3c(ccc4ccccc43)c2)c1C. The average molecular weight is 678 g/mol. The first-order valence-electron chi connectivity index (χ1n) is 18.2. The maximum atomic E-state index is 5.31. The van der Waals surface area contributed by atoms with Crippen molar-refractivity contribution < 1.29 is 0 Å². The van der Waals surface area contributed by atoms with E-state index >= 15 is 0 Å². The van der Waals surface area contributed by atoms with Gasteiger partial charge >= 0.3 is 0 Å². The predicted molar refractivity (Wildman–Crippen MR) is 223 cm³/mol. The third-order valence-corrected chi connectivity index (χ3v) is 10.8. The summed E-state index contributed by atoms with van der Waals surface area (Å²) in [4.78, 5) is 10.6. The van der Waals surface area contributed by atoms with E-state index in [9.17, 15) is 0 Å². The second-order valence-corrected chi connectivity index (χ2v) is 13.9. The van der Waals surface area contributed by atoms with E-state index in [4.69, 9.17) is 9.97 Å². The predicted octanol–water partition coefficient (Wildman–Crippen LogP) is 13.2. The minimum atomic E-state index is 0.720. The van der Waals surface area contributed by atoms with Crippen molar-refractivity contribution in [3.05, 3.63) is 187 Å². The van der Waals surface area contributed by atoms with E-state index in [1.165, 1.54) is 60.0 Å². The molecular formula is C50H35N3. The van der Waals surface area contributed by atoms with Gasteiger partial charge in [0.1, 0.15) is 0 Å². The number of aromatic nitrogens is 3. The standard InChI is InChI=1S/C50H35N3/c1-32-40(36-17-12-18-39(31-36)53-46-24-10-8-20-44(46)45-21-9-11-25-47(45)53)22-13-23-41(32)49-33(2)48(51-50(52-49)35-15-4-3-5-16-35)38-28-29-43-37(30-38)27-26-34-14-6-7-19-42(34)43/h3-31H,1-2H3. The molecule has 0 saturated carbocycles. The molecule has 10 aromatic rings. The van der Waals surface area contributed by atoms with Crippen molar-refractivity contribution in [2.24, 2.45) is 0 Å². The van der Waals surface area contributed by atoms with Crippen LogP contribution in [0.15, 0.2) is 176 Å². The highest BCUT2D eigenvalue weighted by atomic mass is 15.0. The Kier molecular flexibility index (Phi) is 7.26. The minimum Gasteiger partial charge on any atom is -0.309 e. The monoisotopic (exact) mass is 677 g/mol. The molecule has 3 heteroatoms. The molecule has 250 valence electrons. The molecule has 8 aromatic carbocycles. The zero-order valence-corrected chi connectivity index (χ0v) is 29.6. The summed E-state index contributed by atoms with van der Waals surface area (Å²) in [5.74, 6) is 0.720. The lowest BCUT2D eigenvalue weighted by molar-refractivity contribution is 1.14. The molecular weight excluding hydrogens is 643 g/mol. The zero-order valence-electron chi connectivity index (χ0n) is 29.6. The van der Waals surface area contributed by atoms with Crippen molar-refractivity contribution in [3.63, 3.8) is 0 Å². The number of rotatable bonds is 5. The van der Waals surface area contributed by atoms with E-state index in [2.05, 4.69) is 188 Å². The fraction of sp³-hybridized carbons (Fsp3) is 0.0400. The molecule has 0 amide bonds. The van der Waals surface area contributed by atoms with Crippen LogP contribution in [-0.4, -0.2) is 14.5 Å². The van der Waals surface area contributed by atoms with Gasteiger partial charge in [0.25, 0.3) is 0 Å². The van der Waals surface area contributed by atoms with Crippen molar-refractivity contribution in [2.75, 3.05) is 0 Å². The molecule has 0 radical (unpaired) electrons. The maximum absolute atomic E-state index is 5.31. The molecule has 0 spiro atoms. The molecule has 0 fully saturated rings. The van der Waals surface area contributed by atoms with Crippen LogP contribution in [0.5, 0.6) is 0 Å². The molecule has 0 N–H and O–H groups in total. The Morgan fingerprint density at radius 1 is 0.377 bits per heavy atom. The van der Waals surface area contributed by atoms with E-state index in [1.807, 2.05) is 6.07 Å². The number of para-hydroxylation sites is 2. The van der Waals surface area contributed by atoms with E-state index in [0.717, 1.165) is 45.2 Å². The Morgan fingerprint density at radius 2 is 0.981 bits per heavy atom. The van der Waals surface area contributed by atoms with Gasteiger partial charge in [0.05, 0.1) is 22.4 Å². The zero-order chi connectivity index (χ0) is 35.5. The van der Waals surface area contributed by atoms with Crippen molar-refractivity contribution in [1.82, 2.24) is 14.5 Å². The Hall–Kier alpha value is -6.84. The Bertz CT molecular complexity index is 2970. The van der Waals surface area contributed by atoms with Crippen LogP contribution in [0.1, 0.15) is 11.1 Å². The Balaban J connectivity index is 1.14. The second-order valence-electron chi connectivity index (χ2n) is 13.9. The molecule has 10 rings (SSSR count). The second kappa shape index (κ2) is 12.4. The summed E-state index contributed by atoms with van der Waals surface area (Å²) in [6, 6.07) is 62.9. The van der Waals surface area contributed by atoms with Crippen LogP contribution in [0.3, 0.4) is 0 Å². The van der Waals surface area contributed by atoms with Gasteiger partial charge in [0.2, 0.25) is 0 Å². The lowest BCUT2D eigenvalue weighted by Crippen LogP contribution is -2.02. The van der Waals surface area contributed by atoms with Crippen LogP contribution in [0.4, 0.5) is 0 Å². The van der Waals surface area contributed by atoms with Crippen molar-refractivity contribution in [2.45, 2.75) is 13.8 Å². The van der Waals surface area contributed by atoms with Crippen molar-refractivity contribution in [1.29, 1.82) is 0 Å². The lowest BCUT2D eigenvalue weighted by atomic mass is 9.91. The number of hydrogen-bond donors (Lipinski definition) is 0. The minimum absolute atomic E-state index is 0.720. The molecule has 2 aromatic heterocycles. The van der Waals surface area contributed by atoms with Gasteiger partial charge in [0.15, 0.2) is 5.82 Å². The molecule has 3 nitrogen and oxygen atoms in total. The van der Waals surface area contributed by atoms with Crippen molar-refractivity contribution >= 4 is 43.4 Å². The number of benzene rings is 8. The summed E-state index contributed by atoms with van der Waals surface area (Å²) in [7, 11) is 0. The van der Waals surface area contributed by atoms with Crippen LogP contribution < -0.4 is 0 Å². The van der Waals surface area contributed by atoms with Gasteiger partial charge in [-0.2, -0.15) is 0 Å². The van der Waals surface area contributed by atoms with Gasteiger partial charge in [-0.3, -0.25) is 0 Å². The van der Waals surface area contributed by atoms with Crippen LogP contribution in [0.2, 0.25) is 0 Å². The van der Waals surface area contributed by atoms with E-state index in [1.54, 1.807) is 0 Å². The van der Waals surface area contributed by atoms with Crippen LogP contribution in [-0.2, 0) is 0 Å². The molecule has 0 unspecified atom stereocenters. The van der Waals surface area contributed by atoms with E-state index in [0.29, 0.717) is 0 Å². The molecule has 0 saturated heterocycles. The number of fused-ring (bicyclic) bond motifs is 6. The highest BCUT2D eigenvalue weighted by Gasteiger charge is 2.19. The van der Waals surface area contributed by atoms with Crippen LogP contribution >= 0.6 is 0 Å². The smallest absolute Gasteiger partial charge is 0.160 e. The van der Waals surface area contributed by atoms with Gasteiger partial charge in [0, 0.05) is 38.7 Å². The number of nitrogens with zero attached hydrogens (tertiary/aromatic N) is 3. The fourth-order valence-electron chi connectivity index (χ4n) is 8.15. The quantitative estimate of drug-likeness (QED) is 0.170. The Morgan fingerprint density at radius 3 is 1.77 bits per heavy atom.